The summed E-state index contributed by atoms with van der Waals surface area (Å²) in [7, 11) is 1.24. The first-order valence-corrected chi connectivity index (χ1v) is 12.6. The van der Waals surface area contributed by atoms with Crippen molar-refractivity contribution >= 4 is 23.2 Å². The number of hydrogen-bond acceptors (Lipinski definition) is 8. The standard InChI is InChI=1S/C30H30N4O6/c1-18(22-10-8-21(9-11-22)16-25-31-13-14-32-25)12-15-40-30(36)27-20(3)33-19(2)26(29(35)39-4)28(27)23-6-5-7-24(17-23)34(37)38/h5-14,17,28,33H,15-16H2,1-4H3,(H,31,32). The number of hydrogen-bond donors (Lipinski definition) is 2. The molecule has 0 radical (unpaired) electrons. The summed E-state index contributed by atoms with van der Waals surface area (Å²) in [5, 5.41) is 14.5. The number of imidazole rings is 1. The highest BCUT2D eigenvalue weighted by atomic mass is 16.6. The van der Waals surface area contributed by atoms with Crippen LogP contribution in [0.3, 0.4) is 0 Å². The summed E-state index contributed by atoms with van der Waals surface area (Å²) in [4.78, 5) is 44.5. The van der Waals surface area contributed by atoms with Gasteiger partial charge in [-0.3, -0.25) is 10.1 Å². The summed E-state index contributed by atoms with van der Waals surface area (Å²) in [6.45, 7) is 5.31. The summed E-state index contributed by atoms with van der Waals surface area (Å²) in [5.41, 5.74) is 4.60. The van der Waals surface area contributed by atoms with E-state index in [4.69, 9.17) is 9.47 Å². The molecule has 206 valence electrons. The maximum absolute atomic E-state index is 13.4. The molecule has 0 saturated heterocycles. The Bertz CT molecular complexity index is 1520. The highest BCUT2D eigenvalue weighted by Crippen LogP contribution is 2.40. The largest absolute Gasteiger partial charge is 0.466 e. The molecule has 0 aliphatic carbocycles. The Morgan fingerprint density at radius 2 is 1.77 bits per heavy atom. The predicted octanol–water partition coefficient (Wildman–Crippen LogP) is 4.96. The minimum Gasteiger partial charge on any atom is -0.466 e. The number of H-pyrrole nitrogens is 1. The normalized spacial score (nSPS) is 15.5. The average molecular weight is 543 g/mol. The molecule has 0 spiro atoms. The van der Waals surface area contributed by atoms with E-state index in [-0.39, 0.29) is 23.4 Å². The van der Waals surface area contributed by atoms with Crippen LogP contribution in [-0.4, -0.2) is 40.5 Å². The zero-order valence-corrected chi connectivity index (χ0v) is 22.7. The molecule has 10 heteroatoms. The second kappa shape index (κ2) is 12.2. The highest BCUT2D eigenvalue weighted by molar-refractivity contribution is 6.00. The number of esters is 2. The second-order valence-electron chi connectivity index (χ2n) is 9.37. The maximum Gasteiger partial charge on any atom is 0.337 e. The van der Waals surface area contributed by atoms with Crippen molar-refractivity contribution in [2.24, 2.45) is 0 Å². The number of nitrogens with one attached hydrogen (secondary N) is 2. The molecule has 1 aliphatic heterocycles. The monoisotopic (exact) mass is 542 g/mol. The lowest BCUT2D eigenvalue weighted by molar-refractivity contribution is -0.384. The van der Waals surface area contributed by atoms with Gasteiger partial charge in [0.05, 0.1) is 29.1 Å². The highest BCUT2D eigenvalue weighted by Gasteiger charge is 2.38. The molecular formula is C30H30N4O6. The quantitative estimate of drug-likeness (QED) is 0.220. The molecule has 40 heavy (non-hydrogen) atoms. The summed E-state index contributed by atoms with van der Waals surface area (Å²) >= 11 is 0. The first-order chi connectivity index (χ1) is 19.2. The Hall–Kier alpha value is -4.99. The lowest BCUT2D eigenvalue weighted by Gasteiger charge is -2.30. The van der Waals surface area contributed by atoms with Crippen molar-refractivity contribution in [3.05, 3.63) is 122 Å². The van der Waals surface area contributed by atoms with E-state index in [1.54, 1.807) is 38.4 Å². The van der Waals surface area contributed by atoms with Gasteiger partial charge in [-0.15, -0.1) is 0 Å². The topological polar surface area (TPSA) is 136 Å². The van der Waals surface area contributed by atoms with Crippen LogP contribution >= 0.6 is 0 Å². The molecule has 1 atom stereocenters. The first-order valence-electron chi connectivity index (χ1n) is 12.6. The molecule has 1 unspecified atom stereocenters. The number of methoxy groups -OCH3 is 1. The number of dihydropyridines is 1. The number of nitro benzene ring substituents is 1. The van der Waals surface area contributed by atoms with Gasteiger partial charge in [0, 0.05) is 42.3 Å². The molecule has 0 fully saturated rings. The second-order valence-corrected chi connectivity index (χ2v) is 9.37. The number of ether oxygens (including phenoxy) is 2. The average Bonchev–Trinajstić information content (AvgIpc) is 3.45. The third-order valence-corrected chi connectivity index (χ3v) is 6.74. The molecule has 2 aromatic carbocycles. The van der Waals surface area contributed by atoms with Gasteiger partial charge in [-0.2, -0.15) is 0 Å². The molecule has 1 aromatic heterocycles. The summed E-state index contributed by atoms with van der Waals surface area (Å²) in [6, 6.07) is 13.9. The first kappa shape index (κ1) is 28.0. The molecule has 1 aliphatic rings. The summed E-state index contributed by atoms with van der Waals surface area (Å²) in [6.07, 6.45) is 6.01. The van der Waals surface area contributed by atoms with Gasteiger partial charge in [-0.05, 0) is 49.1 Å². The van der Waals surface area contributed by atoms with Crippen LogP contribution in [0.5, 0.6) is 0 Å². The van der Waals surface area contributed by atoms with Crippen molar-refractivity contribution in [3.63, 3.8) is 0 Å². The molecule has 3 aromatic rings. The lowest BCUT2D eigenvalue weighted by atomic mass is 9.80. The fraction of sp³-hybridized carbons (Fsp3) is 0.233. The van der Waals surface area contributed by atoms with Crippen LogP contribution in [0.1, 0.15) is 49.2 Å². The van der Waals surface area contributed by atoms with Gasteiger partial charge in [-0.25, -0.2) is 14.6 Å². The van der Waals surface area contributed by atoms with Crippen LogP contribution in [0.4, 0.5) is 5.69 Å². The van der Waals surface area contributed by atoms with E-state index >= 15 is 0 Å². The molecule has 0 amide bonds. The van der Waals surface area contributed by atoms with Crippen molar-refractivity contribution in [1.82, 2.24) is 15.3 Å². The third kappa shape index (κ3) is 6.17. The minimum atomic E-state index is -0.909. The number of nitro groups is 1. The Kier molecular flexibility index (Phi) is 8.58. The maximum atomic E-state index is 13.4. The van der Waals surface area contributed by atoms with Crippen molar-refractivity contribution in [3.8, 4) is 0 Å². The van der Waals surface area contributed by atoms with E-state index in [0.717, 1.165) is 22.5 Å². The molecule has 0 saturated carbocycles. The molecule has 2 heterocycles. The Morgan fingerprint density at radius 3 is 2.40 bits per heavy atom. The van der Waals surface area contributed by atoms with Crippen molar-refractivity contribution in [2.75, 3.05) is 13.7 Å². The SMILES string of the molecule is COC(=O)C1=C(C)NC(C)=C(C(=O)OCC=C(C)c2ccc(Cc3ncc[nH]3)cc2)C1c1cccc([N+](=O)[O-])c1. The zero-order valence-electron chi connectivity index (χ0n) is 22.7. The van der Waals surface area contributed by atoms with Crippen LogP contribution in [0.15, 0.2) is 89.5 Å². The van der Waals surface area contributed by atoms with E-state index < -0.39 is 22.8 Å². The van der Waals surface area contributed by atoms with Crippen LogP contribution in [0, 0.1) is 10.1 Å². The number of carbonyl (C=O) groups excluding carboxylic acids is 2. The van der Waals surface area contributed by atoms with Gasteiger partial charge in [0.15, 0.2) is 0 Å². The van der Waals surface area contributed by atoms with E-state index in [1.807, 2.05) is 31.2 Å². The van der Waals surface area contributed by atoms with Gasteiger partial charge >= 0.3 is 11.9 Å². The van der Waals surface area contributed by atoms with Crippen LogP contribution < -0.4 is 5.32 Å². The van der Waals surface area contributed by atoms with Gasteiger partial charge in [0.1, 0.15) is 12.4 Å². The fourth-order valence-electron chi connectivity index (χ4n) is 4.71. The summed E-state index contributed by atoms with van der Waals surface area (Å²) in [5.74, 6) is -1.32. The van der Waals surface area contributed by atoms with Crippen LogP contribution in [0.2, 0.25) is 0 Å². The molecule has 4 rings (SSSR count). The van der Waals surface area contributed by atoms with Gasteiger partial charge in [0.25, 0.3) is 5.69 Å². The van der Waals surface area contributed by atoms with Crippen molar-refractivity contribution in [1.29, 1.82) is 0 Å². The number of allylic oxidation sites excluding steroid dienone is 3. The number of benzene rings is 2. The summed E-state index contributed by atoms with van der Waals surface area (Å²) < 4.78 is 10.6. The van der Waals surface area contributed by atoms with Crippen molar-refractivity contribution in [2.45, 2.75) is 33.1 Å². The third-order valence-electron chi connectivity index (χ3n) is 6.74. The van der Waals surface area contributed by atoms with E-state index in [2.05, 4.69) is 15.3 Å². The molecule has 0 bridgehead atoms. The molecule has 2 N–H and O–H groups in total. The van der Waals surface area contributed by atoms with Gasteiger partial charge < -0.3 is 19.8 Å². The Balaban J connectivity index is 1.54. The number of non-ortho nitro benzene ring substituents is 1. The number of rotatable bonds is 9. The van der Waals surface area contributed by atoms with E-state index in [9.17, 15) is 19.7 Å². The number of aromatic nitrogens is 2. The Labute approximate surface area is 231 Å². The fourth-order valence-corrected chi connectivity index (χ4v) is 4.71. The number of carbonyl (C=O) groups is 2. The number of nitrogens with zero attached hydrogens (tertiary/aromatic N) is 2. The molecule has 10 nitrogen and oxygen atoms in total. The smallest absolute Gasteiger partial charge is 0.337 e. The van der Waals surface area contributed by atoms with Gasteiger partial charge in [0.2, 0.25) is 0 Å². The molecular weight excluding hydrogens is 512 g/mol. The van der Waals surface area contributed by atoms with Crippen LogP contribution in [-0.2, 0) is 25.5 Å². The van der Waals surface area contributed by atoms with E-state index in [0.29, 0.717) is 23.4 Å². The van der Waals surface area contributed by atoms with E-state index in [1.165, 1.54) is 25.3 Å². The minimum absolute atomic E-state index is 0.00644. The van der Waals surface area contributed by atoms with Gasteiger partial charge in [-0.1, -0.05) is 36.4 Å². The zero-order chi connectivity index (χ0) is 28.8. The Morgan fingerprint density at radius 1 is 1.07 bits per heavy atom. The number of aromatic amines is 1. The van der Waals surface area contributed by atoms with Crippen LogP contribution in [0.25, 0.3) is 5.57 Å². The predicted molar refractivity (Wildman–Crippen MR) is 149 cm³/mol. The lowest BCUT2D eigenvalue weighted by Crippen LogP contribution is -2.32. The van der Waals surface area contributed by atoms with Crippen molar-refractivity contribution < 1.29 is 24.0 Å².